The summed E-state index contributed by atoms with van der Waals surface area (Å²) in [6.45, 7) is 0. The molecule has 0 aliphatic carbocycles. The number of hydrogen-bond donors (Lipinski definition) is 4. The average molecular weight is 275 g/mol. The van der Waals surface area contributed by atoms with Crippen LogP contribution in [-0.4, -0.2) is 18.3 Å². The van der Waals surface area contributed by atoms with Crippen LogP contribution in [0.4, 0.5) is 10.5 Å². The maximum Gasteiger partial charge on any atom is 0.338 e. The number of thiocarbonyl (C=S) groups is 1. The molecule has 0 spiro atoms. The van der Waals surface area contributed by atoms with E-state index in [0.29, 0.717) is 16.5 Å². The second-order valence-electron chi connectivity index (χ2n) is 2.91. The summed E-state index contributed by atoms with van der Waals surface area (Å²) < 4.78 is 5.05. The molecule has 0 fully saturated rings. The van der Waals surface area contributed by atoms with Gasteiger partial charge in [0.2, 0.25) is 0 Å². The zero-order valence-electron chi connectivity index (χ0n) is 8.91. The molecule has 0 atom stereocenters. The van der Waals surface area contributed by atoms with Crippen LogP contribution in [0.25, 0.3) is 0 Å². The summed E-state index contributed by atoms with van der Waals surface area (Å²) in [7, 11) is 1.49. The van der Waals surface area contributed by atoms with Crippen molar-refractivity contribution < 1.29 is 9.53 Å². The van der Waals surface area contributed by atoms with Crippen molar-refractivity contribution in [3.8, 4) is 5.75 Å². The van der Waals surface area contributed by atoms with Gasteiger partial charge in [0.1, 0.15) is 5.75 Å². The number of amides is 2. The van der Waals surface area contributed by atoms with E-state index in [9.17, 15) is 4.79 Å². The van der Waals surface area contributed by atoms with Crippen molar-refractivity contribution in [1.82, 2.24) is 10.9 Å². The molecule has 0 saturated heterocycles. The Balaban J connectivity index is 2.69. The lowest BCUT2D eigenvalue weighted by Crippen LogP contribution is -2.46. The van der Waals surface area contributed by atoms with Crippen molar-refractivity contribution in [3.05, 3.63) is 23.2 Å². The lowest BCUT2D eigenvalue weighted by atomic mass is 10.3. The summed E-state index contributed by atoms with van der Waals surface area (Å²) >= 11 is 10.3. The molecule has 1 rings (SSSR count). The first-order valence-electron chi connectivity index (χ1n) is 4.49. The van der Waals surface area contributed by atoms with Crippen LogP contribution in [0.2, 0.25) is 5.02 Å². The first-order valence-corrected chi connectivity index (χ1v) is 5.27. The molecule has 8 heteroatoms. The molecule has 1 aromatic carbocycles. The minimum absolute atomic E-state index is 0.0433. The van der Waals surface area contributed by atoms with Crippen molar-refractivity contribution in [2.24, 2.45) is 5.73 Å². The van der Waals surface area contributed by atoms with Crippen molar-refractivity contribution in [1.29, 1.82) is 0 Å². The van der Waals surface area contributed by atoms with E-state index >= 15 is 0 Å². The Bertz CT molecular complexity index is 441. The van der Waals surface area contributed by atoms with Crippen LogP contribution in [0.1, 0.15) is 0 Å². The zero-order valence-corrected chi connectivity index (χ0v) is 10.5. The van der Waals surface area contributed by atoms with Gasteiger partial charge in [-0.3, -0.25) is 5.43 Å². The van der Waals surface area contributed by atoms with Gasteiger partial charge in [0, 0.05) is 5.02 Å². The Kier molecular flexibility index (Phi) is 4.80. The van der Waals surface area contributed by atoms with Gasteiger partial charge in [-0.1, -0.05) is 11.6 Å². The summed E-state index contributed by atoms with van der Waals surface area (Å²) in [5, 5.41) is 2.95. The van der Waals surface area contributed by atoms with E-state index < -0.39 is 6.03 Å². The number of methoxy groups -OCH3 is 1. The van der Waals surface area contributed by atoms with Gasteiger partial charge >= 0.3 is 6.03 Å². The van der Waals surface area contributed by atoms with E-state index in [2.05, 4.69) is 28.4 Å². The van der Waals surface area contributed by atoms with Gasteiger partial charge in [-0.25, -0.2) is 10.2 Å². The number of carbonyl (C=O) groups is 1. The summed E-state index contributed by atoms with van der Waals surface area (Å²) in [6, 6.07) is 4.30. The summed E-state index contributed by atoms with van der Waals surface area (Å²) in [5.74, 6) is 0.486. The number of halogens is 1. The highest BCUT2D eigenvalue weighted by Crippen LogP contribution is 2.27. The van der Waals surface area contributed by atoms with E-state index in [0.717, 1.165) is 0 Å². The van der Waals surface area contributed by atoms with Crippen molar-refractivity contribution >= 4 is 40.6 Å². The second kappa shape index (κ2) is 6.12. The quantitative estimate of drug-likeness (QED) is 0.481. The van der Waals surface area contributed by atoms with Gasteiger partial charge in [-0.05, 0) is 30.4 Å². The monoisotopic (exact) mass is 274 g/mol. The molecular formula is C9H11ClN4O2S. The molecule has 0 aromatic heterocycles. The third-order valence-electron chi connectivity index (χ3n) is 1.71. The molecule has 0 saturated carbocycles. The predicted octanol–water partition coefficient (Wildman–Crippen LogP) is 1.22. The summed E-state index contributed by atoms with van der Waals surface area (Å²) in [6.07, 6.45) is 0. The fourth-order valence-corrected chi connectivity index (χ4v) is 1.27. The molecule has 5 N–H and O–H groups in total. The number of nitrogens with one attached hydrogen (secondary N) is 3. The number of urea groups is 1. The molecule has 0 unspecified atom stereocenters. The van der Waals surface area contributed by atoms with Crippen LogP contribution in [-0.2, 0) is 0 Å². The van der Waals surface area contributed by atoms with Crippen LogP contribution in [0, 0.1) is 0 Å². The Morgan fingerprint density at radius 2 is 2.18 bits per heavy atom. The van der Waals surface area contributed by atoms with Crippen LogP contribution in [0.15, 0.2) is 18.2 Å². The fourth-order valence-electron chi connectivity index (χ4n) is 1.05. The average Bonchev–Trinajstić information content (AvgIpc) is 2.27. The molecule has 0 bridgehead atoms. The van der Waals surface area contributed by atoms with E-state index in [1.807, 2.05) is 0 Å². The normalized spacial score (nSPS) is 9.29. The topological polar surface area (TPSA) is 88.4 Å². The number of anilines is 1. The largest absolute Gasteiger partial charge is 0.495 e. The second-order valence-corrected chi connectivity index (χ2v) is 3.79. The minimum atomic E-state index is -0.543. The summed E-state index contributed by atoms with van der Waals surface area (Å²) in [5.41, 5.74) is 10.1. The van der Waals surface area contributed by atoms with Crippen LogP contribution in [0.5, 0.6) is 5.75 Å². The lowest BCUT2D eigenvalue weighted by Gasteiger charge is -2.11. The molecule has 0 aliphatic heterocycles. The van der Waals surface area contributed by atoms with Gasteiger partial charge in [0.05, 0.1) is 12.8 Å². The van der Waals surface area contributed by atoms with Crippen molar-refractivity contribution in [2.75, 3.05) is 12.4 Å². The fraction of sp³-hybridized carbons (Fsp3) is 0.111. The van der Waals surface area contributed by atoms with E-state index in [1.54, 1.807) is 18.2 Å². The van der Waals surface area contributed by atoms with Crippen LogP contribution < -0.4 is 26.6 Å². The van der Waals surface area contributed by atoms with Crippen LogP contribution >= 0.6 is 23.8 Å². The van der Waals surface area contributed by atoms with Gasteiger partial charge in [-0.2, -0.15) is 0 Å². The highest BCUT2D eigenvalue weighted by atomic mass is 35.5. The lowest BCUT2D eigenvalue weighted by molar-refractivity contribution is 0.250. The van der Waals surface area contributed by atoms with Gasteiger partial charge in [0.15, 0.2) is 5.11 Å². The van der Waals surface area contributed by atoms with Crippen molar-refractivity contribution in [3.63, 3.8) is 0 Å². The first kappa shape index (κ1) is 13.3. The molecule has 17 heavy (non-hydrogen) atoms. The van der Waals surface area contributed by atoms with Gasteiger partial charge in [-0.15, -0.1) is 0 Å². The minimum Gasteiger partial charge on any atom is -0.495 e. The smallest absolute Gasteiger partial charge is 0.338 e. The number of benzene rings is 1. The standard InChI is InChI=1S/C9H11ClN4O2S/c1-16-7-3-2-5(10)4-6(7)12-9(15)14-13-8(11)17/h2-4H,1H3,(H3,11,13,17)(H2,12,14,15). The Hall–Kier alpha value is -1.73. The molecular weight excluding hydrogens is 264 g/mol. The van der Waals surface area contributed by atoms with Crippen LogP contribution in [0.3, 0.4) is 0 Å². The number of carbonyl (C=O) groups excluding carboxylic acids is 1. The third kappa shape index (κ3) is 4.33. The SMILES string of the molecule is COc1ccc(Cl)cc1NC(=O)NNC(N)=S. The van der Waals surface area contributed by atoms with Gasteiger partial charge in [0.25, 0.3) is 0 Å². The van der Waals surface area contributed by atoms with E-state index in [-0.39, 0.29) is 5.11 Å². The maximum absolute atomic E-state index is 11.4. The zero-order chi connectivity index (χ0) is 12.8. The Morgan fingerprint density at radius 3 is 2.76 bits per heavy atom. The molecule has 92 valence electrons. The maximum atomic E-state index is 11.4. The molecule has 2 amide bonds. The third-order valence-corrected chi connectivity index (χ3v) is 2.05. The molecule has 1 aromatic rings. The number of hydrazine groups is 1. The Labute approximate surface area is 108 Å². The molecule has 6 nitrogen and oxygen atoms in total. The predicted molar refractivity (Wildman–Crippen MR) is 70.1 cm³/mol. The number of nitrogens with two attached hydrogens (primary N) is 1. The number of rotatable bonds is 2. The van der Waals surface area contributed by atoms with E-state index in [4.69, 9.17) is 22.1 Å². The van der Waals surface area contributed by atoms with E-state index in [1.165, 1.54) is 7.11 Å². The van der Waals surface area contributed by atoms with Gasteiger partial charge < -0.3 is 15.8 Å². The molecule has 0 heterocycles. The summed E-state index contributed by atoms with van der Waals surface area (Å²) in [4.78, 5) is 11.4. The Morgan fingerprint density at radius 1 is 1.47 bits per heavy atom. The first-order chi connectivity index (χ1) is 8.02. The number of ether oxygens (including phenoxy) is 1. The van der Waals surface area contributed by atoms with Crippen molar-refractivity contribution in [2.45, 2.75) is 0 Å². The highest BCUT2D eigenvalue weighted by molar-refractivity contribution is 7.80. The molecule has 0 radical (unpaired) electrons. The highest BCUT2D eigenvalue weighted by Gasteiger charge is 2.07. The number of hydrogen-bond acceptors (Lipinski definition) is 3. The molecule has 0 aliphatic rings.